The van der Waals surface area contributed by atoms with Gasteiger partial charge < -0.3 is 15.6 Å². The maximum absolute atomic E-state index is 11.8. The monoisotopic (exact) mass is 303 g/mol. The van der Waals surface area contributed by atoms with Crippen LogP contribution in [0.25, 0.3) is 10.9 Å². The van der Waals surface area contributed by atoms with Crippen molar-refractivity contribution in [1.29, 1.82) is 0 Å². The van der Waals surface area contributed by atoms with Crippen molar-refractivity contribution in [2.75, 3.05) is 27.2 Å². The minimum atomic E-state index is 0.0381. The van der Waals surface area contributed by atoms with Crippen molar-refractivity contribution in [2.45, 2.75) is 19.5 Å². The number of carbonyl (C=O) groups is 1. The molecule has 1 amide bonds. The summed E-state index contributed by atoms with van der Waals surface area (Å²) in [4.78, 5) is 11.8. The number of para-hydroxylation sites is 1. The van der Waals surface area contributed by atoms with Crippen LogP contribution >= 0.6 is 0 Å². The fourth-order valence-electron chi connectivity index (χ4n) is 2.50. The molecule has 6 nitrogen and oxygen atoms in total. The predicted octanol–water partition coefficient (Wildman–Crippen LogP) is 0.673. The van der Waals surface area contributed by atoms with Crippen LogP contribution in [-0.4, -0.2) is 42.7 Å². The van der Waals surface area contributed by atoms with E-state index in [1.165, 1.54) is 11.1 Å². The van der Waals surface area contributed by atoms with Gasteiger partial charge in [0.05, 0.1) is 6.54 Å². The summed E-state index contributed by atoms with van der Waals surface area (Å²) in [5, 5.41) is 6.03. The average Bonchev–Trinajstić information content (AvgIpc) is 2.87. The third-order valence-corrected chi connectivity index (χ3v) is 3.71. The van der Waals surface area contributed by atoms with Gasteiger partial charge in [-0.05, 0) is 24.6 Å². The Kier molecular flexibility index (Phi) is 5.94. The number of carbonyl (C=O) groups excluding carboxylic acids is 1. The molecule has 1 heterocycles. The quantitative estimate of drug-likeness (QED) is 0.627. The summed E-state index contributed by atoms with van der Waals surface area (Å²) in [6.07, 6.45) is 0.453. The first-order valence-electron chi connectivity index (χ1n) is 7.58. The Morgan fingerprint density at radius 3 is 2.86 bits per heavy atom. The lowest BCUT2D eigenvalue weighted by Crippen LogP contribution is -2.31. The molecule has 0 aliphatic carbocycles. The van der Waals surface area contributed by atoms with E-state index in [4.69, 9.17) is 5.73 Å². The number of nitrogens with two attached hydrogens (primary N) is 1. The highest BCUT2D eigenvalue weighted by molar-refractivity contribution is 5.82. The van der Waals surface area contributed by atoms with E-state index in [0.717, 1.165) is 12.1 Å². The van der Waals surface area contributed by atoms with Gasteiger partial charge in [0, 0.05) is 44.3 Å². The number of aromatic nitrogens is 1. The normalized spacial score (nSPS) is 11.3. The van der Waals surface area contributed by atoms with Crippen molar-refractivity contribution in [3.8, 4) is 0 Å². The predicted molar refractivity (Wildman–Crippen MR) is 89.1 cm³/mol. The van der Waals surface area contributed by atoms with Gasteiger partial charge in [-0.1, -0.05) is 18.2 Å². The summed E-state index contributed by atoms with van der Waals surface area (Å²) in [6, 6.07) is 10.4. The van der Waals surface area contributed by atoms with Gasteiger partial charge in [-0.2, -0.15) is 0 Å². The van der Waals surface area contributed by atoms with Crippen LogP contribution < -0.4 is 16.5 Å². The maximum atomic E-state index is 11.8. The molecule has 0 aliphatic heterocycles. The van der Waals surface area contributed by atoms with Gasteiger partial charge >= 0.3 is 0 Å². The van der Waals surface area contributed by atoms with Gasteiger partial charge in [-0.15, -0.1) is 0 Å². The second-order valence-corrected chi connectivity index (χ2v) is 5.31. The van der Waals surface area contributed by atoms with Crippen LogP contribution in [0, 0.1) is 0 Å². The van der Waals surface area contributed by atoms with Gasteiger partial charge in [0.2, 0.25) is 5.91 Å². The van der Waals surface area contributed by atoms with Crippen LogP contribution in [-0.2, 0) is 17.9 Å². The minimum absolute atomic E-state index is 0.0381. The van der Waals surface area contributed by atoms with Crippen LogP contribution in [0.5, 0.6) is 0 Å². The van der Waals surface area contributed by atoms with Crippen LogP contribution in [0.1, 0.15) is 12.1 Å². The highest BCUT2D eigenvalue weighted by Gasteiger charge is 2.11. The van der Waals surface area contributed by atoms with E-state index in [-0.39, 0.29) is 5.91 Å². The summed E-state index contributed by atoms with van der Waals surface area (Å²) in [7, 11) is 3.89. The topological polar surface area (TPSA) is 75.3 Å². The number of hydrogen-bond donors (Lipinski definition) is 3. The van der Waals surface area contributed by atoms with Gasteiger partial charge in [-0.25, -0.2) is 5.01 Å². The smallest absolute Gasteiger partial charge is 0.221 e. The molecule has 0 bridgehead atoms. The van der Waals surface area contributed by atoms with Gasteiger partial charge in [0.25, 0.3) is 0 Å². The van der Waals surface area contributed by atoms with Gasteiger partial charge in [-0.3, -0.25) is 10.2 Å². The molecule has 2 aromatic rings. The minimum Gasteiger partial charge on any atom is -0.355 e. The lowest BCUT2D eigenvalue weighted by Gasteiger charge is -2.17. The Morgan fingerprint density at radius 2 is 2.14 bits per heavy atom. The first kappa shape index (κ1) is 16.5. The summed E-state index contributed by atoms with van der Waals surface area (Å²) in [5.41, 5.74) is 10.9. The van der Waals surface area contributed by atoms with E-state index in [9.17, 15) is 4.79 Å². The number of nitrogens with one attached hydrogen (secondary N) is 2. The number of benzene rings is 1. The Balaban J connectivity index is 2.17. The van der Waals surface area contributed by atoms with Crippen molar-refractivity contribution in [2.24, 2.45) is 5.73 Å². The van der Waals surface area contributed by atoms with Crippen LogP contribution in [0.3, 0.4) is 0 Å². The Bertz CT molecular complexity index is 622. The molecule has 0 radical (unpaired) electrons. The van der Waals surface area contributed by atoms with E-state index < -0.39 is 0 Å². The molecule has 0 fully saturated rings. The number of fused-ring (bicyclic) bond motifs is 1. The fraction of sp³-hybridized carbons (Fsp3) is 0.438. The molecular formula is C16H25N5O. The number of nitrogens with zero attached hydrogens (tertiary/aromatic N) is 2. The zero-order chi connectivity index (χ0) is 15.9. The van der Waals surface area contributed by atoms with E-state index in [1.807, 2.05) is 31.2 Å². The molecule has 0 atom stereocenters. The van der Waals surface area contributed by atoms with Crippen molar-refractivity contribution in [1.82, 2.24) is 20.3 Å². The summed E-state index contributed by atoms with van der Waals surface area (Å²) < 4.78 is 2.21. The molecule has 22 heavy (non-hydrogen) atoms. The number of hydrazine groups is 1. The van der Waals surface area contributed by atoms with Crippen LogP contribution in [0.2, 0.25) is 0 Å². The number of aryl methyl sites for hydroxylation is 1. The summed E-state index contributed by atoms with van der Waals surface area (Å²) in [5.74, 6) is 0.0381. The van der Waals surface area contributed by atoms with E-state index in [0.29, 0.717) is 26.1 Å². The molecule has 0 saturated heterocycles. The van der Waals surface area contributed by atoms with Crippen LogP contribution in [0.15, 0.2) is 30.3 Å². The molecule has 1 aromatic carbocycles. The SMILES string of the molecule is CNN(C)Cc1cc2ccccc2n1CCC(=O)NCCN. The molecule has 1 aromatic heterocycles. The van der Waals surface area contributed by atoms with E-state index in [2.05, 4.69) is 33.5 Å². The second-order valence-electron chi connectivity index (χ2n) is 5.31. The van der Waals surface area contributed by atoms with Crippen molar-refractivity contribution >= 4 is 16.8 Å². The lowest BCUT2D eigenvalue weighted by molar-refractivity contribution is -0.121. The third kappa shape index (κ3) is 4.07. The molecule has 0 spiro atoms. The maximum Gasteiger partial charge on any atom is 0.221 e. The summed E-state index contributed by atoms with van der Waals surface area (Å²) in [6.45, 7) is 2.43. The number of rotatable bonds is 8. The van der Waals surface area contributed by atoms with Gasteiger partial charge in [0.1, 0.15) is 0 Å². The van der Waals surface area contributed by atoms with Crippen molar-refractivity contribution in [3.63, 3.8) is 0 Å². The number of hydrogen-bond acceptors (Lipinski definition) is 4. The Labute approximate surface area is 131 Å². The van der Waals surface area contributed by atoms with Crippen LogP contribution in [0.4, 0.5) is 0 Å². The standard InChI is InChI=1S/C16H25N5O/c1-18-20(2)12-14-11-13-5-3-4-6-15(13)21(14)10-7-16(22)19-9-8-17/h3-6,11,18H,7-10,12,17H2,1-2H3,(H,19,22). The molecule has 2 rings (SSSR count). The average molecular weight is 303 g/mol. The fourth-order valence-corrected chi connectivity index (χ4v) is 2.50. The van der Waals surface area contributed by atoms with Crippen molar-refractivity contribution in [3.05, 3.63) is 36.0 Å². The van der Waals surface area contributed by atoms with E-state index >= 15 is 0 Å². The Hall–Kier alpha value is -1.89. The first-order valence-corrected chi connectivity index (χ1v) is 7.58. The first-order chi connectivity index (χ1) is 10.7. The third-order valence-electron chi connectivity index (χ3n) is 3.71. The zero-order valence-corrected chi connectivity index (χ0v) is 13.3. The molecule has 4 N–H and O–H groups in total. The molecule has 0 saturated carbocycles. The largest absolute Gasteiger partial charge is 0.355 e. The van der Waals surface area contributed by atoms with Crippen molar-refractivity contribution < 1.29 is 4.79 Å². The highest BCUT2D eigenvalue weighted by Crippen LogP contribution is 2.21. The number of amides is 1. The molecule has 0 unspecified atom stereocenters. The molecular weight excluding hydrogens is 278 g/mol. The molecule has 120 valence electrons. The Morgan fingerprint density at radius 1 is 1.36 bits per heavy atom. The van der Waals surface area contributed by atoms with Gasteiger partial charge in [0.15, 0.2) is 0 Å². The highest BCUT2D eigenvalue weighted by atomic mass is 16.1. The second kappa shape index (κ2) is 7.93. The molecule has 6 heteroatoms. The molecule has 0 aliphatic rings. The summed E-state index contributed by atoms with van der Waals surface area (Å²) >= 11 is 0. The lowest BCUT2D eigenvalue weighted by atomic mass is 10.2. The zero-order valence-electron chi connectivity index (χ0n) is 13.3. The van der Waals surface area contributed by atoms with E-state index in [1.54, 1.807) is 0 Å².